The van der Waals surface area contributed by atoms with Crippen LogP contribution >= 0.6 is 15.9 Å². The Bertz CT molecular complexity index is 976. The summed E-state index contributed by atoms with van der Waals surface area (Å²) in [5, 5.41) is 11.4. The Balaban J connectivity index is 1.66. The molecule has 0 aliphatic carbocycles. The van der Waals surface area contributed by atoms with Crippen LogP contribution in [0.1, 0.15) is 42.1 Å². The monoisotopic (exact) mass is 459 g/mol. The van der Waals surface area contributed by atoms with Gasteiger partial charge in [-0.15, -0.1) is 0 Å². The van der Waals surface area contributed by atoms with E-state index in [9.17, 15) is 14.7 Å². The largest absolute Gasteiger partial charge is 0.486 e. The molecule has 1 N–H and O–H groups in total. The molecule has 2 aromatic carbocycles. The van der Waals surface area contributed by atoms with Gasteiger partial charge in [0, 0.05) is 22.1 Å². The molecule has 2 heterocycles. The predicted octanol–water partition coefficient (Wildman–Crippen LogP) is 3.83. The van der Waals surface area contributed by atoms with E-state index in [4.69, 9.17) is 9.47 Å². The van der Waals surface area contributed by atoms with E-state index in [-0.39, 0.29) is 12.2 Å². The molecule has 1 atom stereocenters. The average molecular weight is 460 g/mol. The van der Waals surface area contributed by atoms with Crippen LogP contribution in [0.5, 0.6) is 11.5 Å². The fourth-order valence-corrected chi connectivity index (χ4v) is 4.14. The van der Waals surface area contributed by atoms with Gasteiger partial charge in [-0.3, -0.25) is 9.59 Å². The highest BCUT2D eigenvalue weighted by atomic mass is 79.9. The molecule has 0 aromatic heterocycles. The molecule has 2 aliphatic rings. The number of ketones is 1. The van der Waals surface area contributed by atoms with Crippen molar-refractivity contribution in [1.82, 2.24) is 0 Å². The minimum absolute atomic E-state index is 0.332. The van der Waals surface area contributed by atoms with Crippen molar-refractivity contribution in [1.29, 1.82) is 0 Å². The van der Waals surface area contributed by atoms with Crippen molar-refractivity contribution in [3.8, 4) is 11.5 Å². The number of nitrogens with zero attached hydrogens (tertiary/aromatic N) is 1. The fraction of sp³-hybridized carbons (Fsp3) is 0.364. The number of anilines is 1. The van der Waals surface area contributed by atoms with Crippen molar-refractivity contribution in [2.75, 3.05) is 24.7 Å². The Kier molecular flexibility index (Phi) is 5.36. The van der Waals surface area contributed by atoms with Crippen LogP contribution in [0.3, 0.4) is 0 Å². The van der Waals surface area contributed by atoms with Gasteiger partial charge in [-0.1, -0.05) is 29.3 Å². The molecule has 29 heavy (non-hydrogen) atoms. The molecule has 4 rings (SSSR count). The molecule has 1 amide bonds. The van der Waals surface area contributed by atoms with Gasteiger partial charge in [-0.05, 0) is 42.8 Å². The molecule has 1 unspecified atom stereocenters. The molecule has 2 aromatic rings. The summed E-state index contributed by atoms with van der Waals surface area (Å²) in [5.74, 6) is 0.300. The molecule has 0 fully saturated rings. The molecule has 0 saturated heterocycles. The summed E-state index contributed by atoms with van der Waals surface area (Å²) in [6, 6.07) is 10.3. The second kappa shape index (κ2) is 7.80. The maximum absolute atomic E-state index is 13.2. The molecule has 0 bridgehead atoms. The van der Waals surface area contributed by atoms with Crippen LogP contribution in [0.15, 0.2) is 40.9 Å². The summed E-state index contributed by atoms with van der Waals surface area (Å²) in [7, 11) is 0. The van der Waals surface area contributed by atoms with Gasteiger partial charge in [0.15, 0.2) is 22.9 Å². The third-order valence-electron chi connectivity index (χ3n) is 5.31. The number of fused-ring (bicyclic) bond motifs is 2. The maximum atomic E-state index is 13.2. The number of carbonyl (C=O) groups is 2. The number of benzene rings is 2. The number of halogens is 1. The summed E-state index contributed by atoms with van der Waals surface area (Å²) in [4.78, 5) is 27.8. The molecule has 0 radical (unpaired) electrons. The van der Waals surface area contributed by atoms with Crippen molar-refractivity contribution in [2.24, 2.45) is 0 Å². The highest BCUT2D eigenvalue weighted by molar-refractivity contribution is 9.10. The third-order valence-corrected chi connectivity index (χ3v) is 5.80. The van der Waals surface area contributed by atoms with Crippen LogP contribution in [0.4, 0.5) is 5.69 Å². The lowest BCUT2D eigenvalue weighted by Gasteiger charge is -2.23. The van der Waals surface area contributed by atoms with Crippen LogP contribution in [0, 0.1) is 0 Å². The number of hydrogen-bond donors (Lipinski definition) is 1. The highest BCUT2D eigenvalue weighted by Gasteiger charge is 2.50. The Hall–Kier alpha value is -2.38. The number of rotatable bonds is 6. The summed E-state index contributed by atoms with van der Waals surface area (Å²) in [5.41, 5.74) is -0.404. The molecular formula is C22H22BrNO5. The van der Waals surface area contributed by atoms with Crippen LogP contribution in [0.25, 0.3) is 0 Å². The highest BCUT2D eigenvalue weighted by Crippen LogP contribution is 2.44. The minimum atomic E-state index is -1.89. The zero-order valence-electron chi connectivity index (χ0n) is 16.1. The lowest BCUT2D eigenvalue weighted by molar-refractivity contribution is -0.135. The lowest BCUT2D eigenvalue weighted by atomic mass is 9.88. The smallest absolute Gasteiger partial charge is 0.264 e. The molecular weight excluding hydrogens is 438 g/mol. The van der Waals surface area contributed by atoms with Gasteiger partial charge >= 0.3 is 0 Å². The van der Waals surface area contributed by atoms with Crippen molar-refractivity contribution in [3.63, 3.8) is 0 Å². The first kappa shape index (κ1) is 19.9. The van der Waals surface area contributed by atoms with E-state index >= 15 is 0 Å². The minimum Gasteiger partial charge on any atom is -0.486 e. The predicted molar refractivity (Wildman–Crippen MR) is 112 cm³/mol. The van der Waals surface area contributed by atoms with E-state index in [2.05, 4.69) is 15.9 Å². The van der Waals surface area contributed by atoms with Gasteiger partial charge in [-0.2, -0.15) is 0 Å². The van der Waals surface area contributed by atoms with Crippen LogP contribution < -0.4 is 14.4 Å². The van der Waals surface area contributed by atoms with E-state index in [1.165, 1.54) is 0 Å². The first-order valence-electron chi connectivity index (χ1n) is 9.71. The average Bonchev–Trinajstić information content (AvgIpc) is 2.92. The third kappa shape index (κ3) is 3.53. The molecule has 0 saturated carbocycles. The summed E-state index contributed by atoms with van der Waals surface area (Å²) in [6.45, 7) is 3.43. The fourth-order valence-electron chi connectivity index (χ4n) is 3.78. The molecule has 2 aliphatic heterocycles. The number of unbranched alkanes of at least 4 members (excludes halogenated alkanes) is 1. The zero-order chi connectivity index (χ0) is 20.6. The van der Waals surface area contributed by atoms with Gasteiger partial charge < -0.3 is 19.5 Å². The SMILES string of the molecule is CCCCN1C(=O)C(O)(CC(=O)c2ccc3c(c2)OCCO3)c2cc(Br)ccc21. The van der Waals surface area contributed by atoms with Gasteiger partial charge in [-0.25, -0.2) is 0 Å². The topological polar surface area (TPSA) is 76.1 Å². The van der Waals surface area contributed by atoms with Gasteiger partial charge in [0.2, 0.25) is 0 Å². The Morgan fingerprint density at radius 3 is 2.69 bits per heavy atom. The Labute approximate surface area is 177 Å². The van der Waals surface area contributed by atoms with Crippen LogP contribution in [0.2, 0.25) is 0 Å². The van der Waals surface area contributed by atoms with Gasteiger partial charge in [0.1, 0.15) is 13.2 Å². The first-order valence-corrected chi connectivity index (χ1v) is 10.5. The standard InChI is InChI=1S/C22H22BrNO5/c1-2-3-8-24-17-6-5-15(23)12-16(17)22(27,21(24)26)13-18(25)14-4-7-19-20(11-14)29-10-9-28-19/h4-7,11-12,27H,2-3,8-10,13H2,1H3. The van der Waals surface area contributed by atoms with Gasteiger partial charge in [0.05, 0.1) is 12.1 Å². The van der Waals surface area contributed by atoms with E-state index in [0.29, 0.717) is 48.1 Å². The van der Waals surface area contributed by atoms with Gasteiger partial charge in [0.25, 0.3) is 5.91 Å². The Morgan fingerprint density at radius 1 is 1.17 bits per heavy atom. The van der Waals surface area contributed by atoms with E-state index in [0.717, 1.165) is 17.3 Å². The van der Waals surface area contributed by atoms with E-state index in [1.54, 1.807) is 35.2 Å². The summed E-state index contributed by atoms with van der Waals surface area (Å²) < 4.78 is 11.8. The summed E-state index contributed by atoms with van der Waals surface area (Å²) >= 11 is 3.41. The number of carbonyl (C=O) groups excluding carboxylic acids is 2. The van der Waals surface area contributed by atoms with E-state index < -0.39 is 11.5 Å². The molecule has 152 valence electrons. The van der Waals surface area contributed by atoms with Crippen molar-refractivity contribution < 1.29 is 24.2 Å². The Morgan fingerprint density at radius 2 is 1.93 bits per heavy atom. The lowest BCUT2D eigenvalue weighted by Crippen LogP contribution is -2.42. The number of hydrogen-bond acceptors (Lipinski definition) is 5. The number of aliphatic hydroxyl groups is 1. The number of ether oxygens (including phenoxy) is 2. The maximum Gasteiger partial charge on any atom is 0.264 e. The van der Waals surface area contributed by atoms with Crippen molar-refractivity contribution >= 4 is 33.3 Å². The number of amides is 1. The quantitative estimate of drug-likeness (QED) is 0.664. The summed E-state index contributed by atoms with van der Waals surface area (Å²) in [6.07, 6.45) is 1.40. The number of Topliss-reactive ketones (excluding diaryl/α,β-unsaturated/α-hetero) is 1. The molecule has 0 spiro atoms. The first-order chi connectivity index (χ1) is 13.9. The zero-order valence-corrected chi connectivity index (χ0v) is 17.7. The van der Waals surface area contributed by atoms with Crippen molar-refractivity contribution in [2.45, 2.75) is 31.8 Å². The van der Waals surface area contributed by atoms with E-state index in [1.807, 2.05) is 13.0 Å². The normalized spacial score (nSPS) is 20.0. The van der Waals surface area contributed by atoms with Crippen LogP contribution in [-0.4, -0.2) is 36.6 Å². The van der Waals surface area contributed by atoms with Crippen LogP contribution in [-0.2, 0) is 10.4 Å². The van der Waals surface area contributed by atoms with Crippen molar-refractivity contribution in [3.05, 3.63) is 52.0 Å². The second-order valence-corrected chi connectivity index (χ2v) is 8.21. The second-order valence-electron chi connectivity index (χ2n) is 7.29. The molecule has 7 heteroatoms. The molecule has 6 nitrogen and oxygen atoms in total.